The molecular formula is C13H12ClFN2. The van der Waals surface area contributed by atoms with E-state index in [9.17, 15) is 4.39 Å². The van der Waals surface area contributed by atoms with Crippen molar-refractivity contribution in [3.63, 3.8) is 0 Å². The van der Waals surface area contributed by atoms with Crippen molar-refractivity contribution in [2.24, 2.45) is 0 Å². The molecule has 0 spiro atoms. The molecule has 1 aromatic carbocycles. The summed E-state index contributed by atoms with van der Waals surface area (Å²) in [5.41, 5.74) is 2.10. The minimum Gasteiger partial charge on any atom is -0.364 e. The molecule has 1 heterocycles. The molecule has 2 nitrogen and oxygen atoms in total. The SMILES string of the molecule is Fc1cccnc1NCc1cccc(CCl)c1. The van der Waals surface area contributed by atoms with Crippen LogP contribution in [0, 0.1) is 5.82 Å². The summed E-state index contributed by atoms with van der Waals surface area (Å²) in [6.45, 7) is 0.526. The lowest BCUT2D eigenvalue weighted by Crippen LogP contribution is -2.03. The minimum atomic E-state index is -0.346. The van der Waals surface area contributed by atoms with Gasteiger partial charge in [-0.3, -0.25) is 0 Å². The van der Waals surface area contributed by atoms with Crippen LogP contribution in [-0.4, -0.2) is 4.98 Å². The molecule has 1 N–H and O–H groups in total. The molecule has 0 fully saturated rings. The Morgan fingerprint density at radius 1 is 1.18 bits per heavy atom. The Bertz CT molecular complexity index is 502. The van der Waals surface area contributed by atoms with Crippen molar-refractivity contribution in [2.75, 3.05) is 5.32 Å². The third-order valence-corrected chi connectivity index (χ3v) is 2.67. The van der Waals surface area contributed by atoms with Crippen LogP contribution in [0.15, 0.2) is 42.6 Å². The number of hydrogen-bond donors (Lipinski definition) is 1. The van der Waals surface area contributed by atoms with Gasteiger partial charge in [0.05, 0.1) is 0 Å². The first kappa shape index (κ1) is 11.9. The van der Waals surface area contributed by atoms with Gasteiger partial charge < -0.3 is 5.32 Å². The van der Waals surface area contributed by atoms with Gasteiger partial charge in [0.1, 0.15) is 0 Å². The molecule has 0 radical (unpaired) electrons. The van der Waals surface area contributed by atoms with E-state index in [0.29, 0.717) is 12.4 Å². The Kier molecular flexibility index (Phi) is 3.94. The van der Waals surface area contributed by atoms with Gasteiger partial charge in [0, 0.05) is 18.6 Å². The quantitative estimate of drug-likeness (QED) is 0.839. The van der Waals surface area contributed by atoms with Gasteiger partial charge in [-0.15, -0.1) is 11.6 Å². The number of nitrogens with one attached hydrogen (secondary N) is 1. The van der Waals surface area contributed by atoms with E-state index in [1.165, 1.54) is 6.07 Å². The second kappa shape index (κ2) is 5.64. The Morgan fingerprint density at radius 2 is 2.00 bits per heavy atom. The highest BCUT2D eigenvalue weighted by molar-refractivity contribution is 6.17. The fourth-order valence-electron chi connectivity index (χ4n) is 1.52. The number of benzene rings is 1. The first-order chi connectivity index (χ1) is 8.29. The van der Waals surface area contributed by atoms with E-state index in [-0.39, 0.29) is 11.6 Å². The first-order valence-electron chi connectivity index (χ1n) is 5.28. The molecule has 0 unspecified atom stereocenters. The number of nitrogens with zero attached hydrogens (tertiary/aromatic N) is 1. The lowest BCUT2D eigenvalue weighted by Gasteiger charge is -2.07. The van der Waals surface area contributed by atoms with E-state index in [1.807, 2.05) is 24.3 Å². The third kappa shape index (κ3) is 3.17. The van der Waals surface area contributed by atoms with Gasteiger partial charge in [-0.25, -0.2) is 9.37 Å². The molecule has 0 saturated heterocycles. The predicted molar refractivity (Wildman–Crippen MR) is 67.5 cm³/mol. The van der Waals surface area contributed by atoms with Crippen LogP contribution in [-0.2, 0) is 12.4 Å². The van der Waals surface area contributed by atoms with Crippen molar-refractivity contribution in [1.29, 1.82) is 0 Å². The Labute approximate surface area is 104 Å². The Morgan fingerprint density at radius 3 is 2.76 bits per heavy atom. The average molecular weight is 251 g/mol. The summed E-state index contributed by atoms with van der Waals surface area (Å²) < 4.78 is 13.3. The number of alkyl halides is 1. The Hall–Kier alpha value is -1.61. The summed E-state index contributed by atoms with van der Waals surface area (Å²) in [5.74, 6) is 0.399. The van der Waals surface area contributed by atoms with Crippen LogP contribution in [0.3, 0.4) is 0 Å². The number of halogens is 2. The largest absolute Gasteiger partial charge is 0.364 e. The normalized spacial score (nSPS) is 10.2. The standard InChI is InChI=1S/C13H12ClFN2/c14-8-10-3-1-4-11(7-10)9-17-13-12(15)5-2-6-16-13/h1-7H,8-9H2,(H,16,17). The zero-order valence-corrected chi connectivity index (χ0v) is 9.91. The van der Waals surface area contributed by atoms with E-state index in [0.717, 1.165) is 11.1 Å². The van der Waals surface area contributed by atoms with E-state index >= 15 is 0 Å². The summed E-state index contributed by atoms with van der Waals surface area (Å²) in [7, 11) is 0. The van der Waals surface area contributed by atoms with E-state index in [4.69, 9.17) is 11.6 Å². The molecule has 0 aliphatic carbocycles. The van der Waals surface area contributed by atoms with Gasteiger partial charge in [-0.1, -0.05) is 24.3 Å². The van der Waals surface area contributed by atoms with Crippen LogP contribution in [0.25, 0.3) is 0 Å². The number of anilines is 1. The summed E-state index contributed by atoms with van der Waals surface area (Å²) in [4.78, 5) is 3.92. The molecule has 4 heteroatoms. The minimum absolute atomic E-state index is 0.267. The van der Waals surface area contributed by atoms with Crippen molar-refractivity contribution in [1.82, 2.24) is 4.98 Å². The number of hydrogen-bond acceptors (Lipinski definition) is 2. The lowest BCUT2D eigenvalue weighted by molar-refractivity contribution is 0.624. The molecule has 0 bridgehead atoms. The third-order valence-electron chi connectivity index (χ3n) is 2.36. The maximum absolute atomic E-state index is 13.3. The molecule has 0 aliphatic rings. The lowest BCUT2D eigenvalue weighted by atomic mass is 10.1. The number of aromatic nitrogens is 1. The van der Waals surface area contributed by atoms with Gasteiger partial charge in [-0.05, 0) is 23.3 Å². The van der Waals surface area contributed by atoms with Crippen LogP contribution >= 0.6 is 11.6 Å². The van der Waals surface area contributed by atoms with Crippen molar-refractivity contribution in [2.45, 2.75) is 12.4 Å². The summed E-state index contributed by atoms with van der Waals surface area (Å²) in [6.07, 6.45) is 1.56. The second-order valence-corrected chi connectivity index (χ2v) is 3.91. The van der Waals surface area contributed by atoms with Crippen LogP contribution < -0.4 is 5.32 Å². The van der Waals surface area contributed by atoms with Crippen LogP contribution in [0.5, 0.6) is 0 Å². The van der Waals surface area contributed by atoms with Crippen molar-refractivity contribution in [3.8, 4) is 0 Å². The molecular weight excluding hydrogens is 239 g/mol. The molecule has 0 aliphatic heterocycles. The number of pyridine rings is 1. The van der Waals surface area contributed by atoms with Crippen molar-refractivity contribution < 1.29 is 4.39 Å². The summed E-state index contributed by atoms with van der Waals surface area (Å²) in [6, 6.07) is 10.8. The topological polar surface area (TPSA) is 24.9 Å². The summed E-state index contributed by atoms with van der Waals surface area (Å²) in [5, 5.41) is 2.95. The van der Waals surface area contributed by atoms with Gasteiger partial charge >= 0.3 is 0 Å². The van der Waals surface area contributed by atoms with Crippen LogP contribution in [0.2, 0.25) is 0 Å². The van der Waals surface area contributed by atoms with E-state index in [2.05, 4.69) is 10.3 Å². The molecule has 0 amide bonds. The van der Waals surface area contributed by atoms with Crippen molar-refractivity contribution in [3.05, 3.63) is 59.5 Å². The van der Waals surface area contributed by atoms with Crippen LogP contribution in [0.4, 0.5) is 10.2 Å². The zero-order valence-electron chi connectivity index (χ0n) is 9.16. The van der Waals surface area contributed by atoms with Crippen molar-refractivity contribution >= 4 is 17.4 Å². The van der Waals surface area contributed by atoms with Gasteiger partial charge in [0.25, 0.3) is 0 Å². The first-order valence-corrected chi connectivity index (χ1v) is 5.81. The molecule has 0 saturated carbocycles. The van der Waals surface area contributed by atoms with Gasteiger partial charge in [0.15, 0.2) is 11.6 Å². The van der Waals surface area contributed by atoms with Crippen LogP contribution in [0.1, 0.15) is 11.1 Å². The Balaban J connectivity index is 2.05. The highest BCUT2D eigenvalue weighted by atomic mass is 35.5. The average Bonchev–Trinajstić information content (AvgIpc) is 2.38. The molecule has 2 aromatic rings. The smallest absolute Gasteiger partial charge is 0.165 e. The highest BCUT2D eigenvalue weighted by Crippen LogP contribution is 2.12. The monoisotopic (exact) mass is 250 g/mol. The molecule has 88 valence electrons. The van der Waals surface area contributed by atoms with Gasteiger partial charge in [-0.2, -0.15) is 0 Å². The fourth-order valence-corrected chi connectivity index (χ4v) is 1.69. The van der Waals surface area contributed by atoms with E-state index < -0.39 is 0 Å². The van der Waals surface area contributed by atoms with E-state index in [1.54, 1.807) is 12.3 Å². The molecule has 17 heavy (non-hydrogen) atoms. The highest BCUT2D eigenvalue weighted by Gasteiger charge is 2.01. The second-order valence-electron chi connectivity index (χ2n) is 3.64. The molecule has 2 rings (SSSR count). The fraction of sp³-hybridized carbons (Fsp3) is 0.154. The number of rotatable bonds is 4. The van der Waals surface area contributed by atoms with Gasteiger partial charge in [0.2, 0.25) is 0 Å². The molecule has 1 aromatic heterocycles. The molecule has 0 atom stereocenters. The maximum Gasteiger partial charge on any atom is 0.165 e. The maximum atomic E-state index is 13.3. The predicted octanol–water partition coefficient (Wildman–Crippen LogP) is 3.57. The summed E-state index contributed by atoms with van der Waals surface area (Å²) >= 11 is 5.75. The zero-order chi connectivity index (χ0) is 12.1.